The van der Waals surface area contributed by atoms with Gasteiger partial charge in [-0.1, -0.05) is 0 Å². The highest BCUT2D eigenvalue weighted by Crippen LogP contribution is 2.19. The molecule has 1 aromatic rings. The quantitative estimate of drug-likeness (QED) is 0.928. The van der Waals surface area contributed by atoms with Crippen LogP contribution in [-0.2, 0) is 9.47 Å². The molecule has 1 aromatic carbocycles. The van der Waals surface area contributed by atoms with E-state index in [1.54, 1.807) is 6.07 Å². The first-order valence-electron chi connectivity index (χ1n) is 5.14. The van der Waals surface area contributed by atoms with E-state index < -0.39 is 0 Å². The summed E-state index contributed by atoms with van der Waals surface area (Å²) in [5.41, 5.74) is 0.760. The standard InChI is InChI=1S/C11H13BrFNO2/c12-10-2-1-8(5-11(10)13)14-6-9-3-4-15-7-16-9/h1-2,5,9,14H,3-4,6-7H2. The number of ether oxygens (including phenoxy) is 2. The van der Waals surface area contributed by atoms with Crippen LogP contribution in [0.2, 0.25) is 0 Å². The molecule has 0 aromatic heterocycles. The van der Waals surface area contributed by atoms with E-state index in [1.807, 2.05) is 6.07 Å². The van der Waals surface area contributed by atoms with Gasteiger partial charge in [0.05, 0.1) is 17.2 Å². The Morgan fingerprint density at radius 3 is 3.06 bits per heavy atom. The summed E-state index contributed by atoms with van der Waals surface area (Å²) < 4.78 is 24.1. The van der Waals surface area contributed by atoms with Gasteiger partial charge >= 0.3 is 0 Å². The third-order valence-electron chi connectivity index (χ3n) is 2.42. The van der Waals surface area contributed by atoms with Crippen LogP contribution in [0.1, 0.15) is 6.42 Å². The Kier molecular flexibility index (Phi) is 4.15. The average molecular weight is 290 g/mol. The SMILES string of the molecule is Fc1cc(NCC2CCOCO2)ccc1Br. The summed E-state index contributed by atoms with van der Waals surface area (Å²) >= 11 is 3.11. The molecule has 1 aliphatic heterocycles. The van der Waals surface area contributed by atoms with Gasteiger partial charge in [0.2, 0.25) is 0 Å². The van der Waals surface area contributed by atoms with Gasteiger partial charge in [-0.25, -0.2) is 4.39 Å². The van der Waals surface area contributed by atoms with Gasteiger partial charge in [0.1, 0.15) is 12.6 Å². The highest BCUT2D eigenvalue weighted by Gasteiger charge is 2.13. The zero-order chi connectivity index (χ0) is 11.4. The van der Waals surface area contributed by atoms with Crippen molar-refractivity contribution in [2.75, 3.05) is 25.3 Å². The van der Waals surface area contributed by atoms with Crippen LogP contribution in [0, 0.1) is 5.82 Å². The summed E-state index contributed by atoms with van der Waals surface area (Å²) in [5, 5.41) is 3.14. The number of nitrogens with one attached hydrogen (secondary N) is 1. The van der Waals surface area contributed by atoms with Crippen molar-refractivity contribution in [3.05, 3.63) is 28.5 Å². The number of hydrogen-bond acceptors (Lipinski definition) is 3. The first kappa shape index (κ1) is 11.8. The Morgan fingerprint density at radius 2 is 2.38 bits per heavy atom. The summed E-state index contributed by atoms with van der Waals surface area (Å²) in [6.07, 6.45) is 1.01. The molecule has 1 aliphatic rings. The van der Waals surface area contributed by atoms with Crippen LogP contribution in [0.5, 0.6) is 0 Å². The third-order valence-corrected chi connectivity index (χ3v) is 3.07. The van der Waals surface area contributed by atoms with Crippen molar-refractivity contribution in [1.82, 2.24) is 0 Å². The van der Waals surface area contributed by atoms with Crippen LogP contribution in [0.4, 0.5) is 10.1 Å². The van der Waals surface area contributed by atoms with Crippen molar-refractivity contribution in [2.45, 2.75) is 12.5 Å². The monoisotopic (exact) mass is 289 g/mol. The highest BCUT2D eigenvalue weighted by atomic mass is 79.9. The van der Waals surface area contributed by atoms with E-state index in [2.05, 4.69) is 21.2 Å². The zero-order valence-corrected chi connectivity index (χ0v) is 10.3. The Bertz CT molecular complexity index is 356. The minimum absolute atomic E-state index is 0.139. The molecule has 1 N–H and O–H groups in total. The third kappa shape index (κ3) is 3.17. The molecule has 1 atom stereocenters. The normalized spacial score (nSPS) is 20.8. The number of anilines is 1. The van der Waals surface area contributed by atoms with E-state index in [1.165, 1.54) is 6.07 Å². The molecule has 16 heavy (non-hydrogen) atoms. The number of rotatable bonds is 3. The van der Waals surface area contributed by atoms with E-state index >= 15 is 0 Å². The molecule has 1 unspecified atom stereocenters. The molecule has 1 heterocycles. The predicted molar refractivity (Wildman–Crippen MR) is 62.9 cm³/mol. The maximum Gasteiger partial charge on any atom is 0.147 e. The smallest absolute Gasteiger partial charge is 0.147 e. The topological polar surface area (TPSA) is 30.5 Å². The van der Waals surface area contributed by atoms with Crippen molar-refractivity contribution < 1.29 is 13.9 Å². The van der Waals surface area contributed by atoms with Crippen LogP contribution >= 0.6 is 15.9 Å². The first-order chi connectivity index (χ1) is 7.75. The van der Waals surface area contributed by atoms with E-state index in [4.69, 9.17) is 9.47 Å². The van der Waals surface area contributed by atoms with E-state index in [0.717, 1.165) is 18.7 Å². The summed E-state index contributed by atoms with van der Waals surface area (Å²) in [5.74, 6) is -0.266. The number of halogens is 2. The fourth-order valence-corrected chi connectivity index (χ4v) is 1.75. The van der Waals surface area contributed by atoms with Crippen LogP contribution in [0.3, 0.4) is 0 Å². The van der Waals surface area contributed by atoms with Crippen LogP contribution in [0.25, 0.3) is 0 Å². The van der Waals surface area contributed by atoms with Crippen LogP contribution in [0.15, 0.2) is 22.7 Å². The highest BCUT2D eigenvalue weighted by molar-refractivity contribution is 9.10. The molecule has 88 valence electrons. The lowest BCUT2D eigenvalue weighted by Gasteiger charge is -2.23. The van der Waals surface area contributed by atoms with Gasteiger partial charge in [-0.3, -0.25) is 0 Å². The molecule has 0 bridgehead atoms. The van der Waals surface area contributed by atoms with Crippen molar-refractivity contribution >= 4 is 21.6 Å². The molecular formula is C11H13BrFNO2. The molecule has 0 radical (unpaired) electrons. The van der Waals surface area contributed by atoms with Gasteiger partial charge in [-0.2, -0.15) is 0 Å². The van der Waals surface area contributed by atoms with Crippen molar-refractivity contribution in [2.24, 2.45) is 0 Å². The van der Waals surface area contributed by atoms with Gasteiger partial charge in [0.15, 0.2) is 0 Å². The number of benzene rings is 1. The second-order valence-corrected chi connectivity index (χ2v) is 4.47. The molecule has 0 spiro atoms. The fourth-order valence-electron chi connectivity index (χ4n) is 1.50. The summed E-state index contributed by atoms with van der Waals surface area (Å²) in [6, 6.07) is 4.97. The lowest BCUT2D eigenvalue weighted by Crippen LogP contribution is -2.30. The Hall–Kier alpha value is -0.650. The van der Waals surface area contributed by atoms with Crippen LogP contribution < -0.4 is 5.32 Å². The second-order valence-electron chi connectivity index (χ2n) is 3.61. The molecule has 0 amide bonds. The molecule has 2 rings (SSSR count). The summed E-state index contributed by atoms with van der Waals surface area (Å²) in [6.45, 7) is 1.74. The molecule has 0 saturated carbocycles. The van der Waals surface area contributed by atoms with Gasteiger partial charge in [-0.15, -0.1) is 0 Å². The van der Waals surface area contributed by atoms with Crippen molar-refractivity contribution in [1.29, 1.82) is 0 Å². The molecule has 5 heteroatoms. The van der Waals surface area contributed by atoms with E-state index in [9.17, 15) is 4.39 Å². The molecule has 0 aliphatic carbocycles. The summed E-state index contributed by atoms with van der Waals surface area (Å²) in [4.78, 5) is 0. The second kappa shape index (κ2) is 5.61. The maximum absolute atomic E-state index is 13.2. The summed E-state index contributed by atoms with van der Waals surface area (Å²) in [7, 11) is 0. The lowest BCUT2D eigenvalue weighted by atomic mass is 10.2. The van der Waals surface area contributed by atoms with Gasteiger partial charge < -0.3 is 14.8 Å². The van der Waals surface area contributed by atoms with E-state index in [0.29, 0.717) is 17.8 Å². The number of hydrogen-bond donors (Lipinski definition) is 1. The Morgan fingerprint density at radius 1 is 1.50 bits per heavy atom. The molecule has 1 saturated heterocycles. The molecular weight excluding hydrogens is 277 g/mol. The Labute approximate surface area is 102 Å². The van der Waals surface area contributed by atoms with Gasteiger partial charge in [0.25, 0.3) is 0 Å². The zero-order valence-electron chi connectivity index (χ0n) is 8.71. The predicted octanol–water partition coefficient (Wildman–Crippen LogP) is 2.76. The maximum atomic E-state index is 13.2. The molecule has 1 fully saturated rings. The fraction of sp³-hybridized carbons (Fsp3) is 0.455. The van der Waals surface area contributed by atoms with E-state index in [-0.39, 0.29) is 11.9 Å². The minimum Gasteiger partial charge on any atom is -0.382 e. The largest absolute Gasteiger partial charge is 0.382 e. The first-order valence-corrected chi connectivity index (χ1v) is 5.93. The van der Waals surface area contributed by atoms with Crippen LogP contribution in [-0.4, -0.2) is 26.0 Å². The van der Waals surface area contributed by atoms with Crippen molar-refractivity contribution in [3.63, 3.8) is 0 Å². The van der Waals surface area contributed by atoms with Gasteiger partial charge in [0, 0.05) is 12.2 Å². The molecule has 3 nitrogen and oxygen atoms in total. The average Bonchev–Trinajstić information content (AvgIpc) is 2.32. The lowest BCUT2D eigenvalue weighted by molar-refractivity contribution is -0.133. The van der Waals surface area contributed by atoms with Crippen molar-refractivity contribution in [3.8, 4) is 0 Å². The minimum atomic E-state index is -0.266. The Balaban J connectivity index is 1.86. The van der Waals surface area contributed by atoms with Gasteiger partial charge in [-0.05, 0) is 40.5 Å².